The van der Waals surface area contributed by atoms with Crippen molar-refractivity contribution >= 4 is 66.2 Å². The van der Waals surface area contributed by atoms with Crippen molar-refractivity contribution in [1.82, 2.24) is 0 Å². The van der Waals surface area contributed by atoms with Gasteiger partial charge in [-0.25, -0.2) is 16.8 Å². The number of nitrogens with one attached hydrogen (secondary N) is 2. The maximum absolute atomic E-state index is 13.5. The first-order chi connectivity index (χ1) is 19.5. The molecular weight excluding hydrogens is 609 g/mol. The van der Waals surface area contributed by atoms with Crippen molar-refractivity contribution < 1.29 is 26.4 Å². The average Bonchev–Trinajstić information content (AvgIpc) is 2.95. The molecule has 2 N–H and O–H groups in total. The fourth-order valence-electron chi connectivity index (χ4n) is 4.16. The summed E-state index contributed by atoms with van der Waals surface area (Å²) in [6.07, 6.45) is -1.19. The molecule has 1 aliphatic heterocycles. The fraction of sp³-hybridized carbons (Fsp3) is 0.107. The SMILES string of the molecule is Cc1c(Cl)cccc1NS(=O)(=O)c1ccc(NC(=O)C2CN(S(=O)(=O)c3ccc(Cl)cc3)c3ccccc3O2)cc1. The third-order valence-corrected chi connectivity index (χ3v) is 10.2. The number of sulfonamides is 2. The highest BCUT2D eigenvalue weighted by Crippen LogP contribution is 2.37. The van der Waals surface area contributed by atoms with E-state index in [2.05, 4.69) is 10.0 Å². The largest absolute Gasteiger partial charge is 0.476 e. The van der Waals surface area contributed by atoms with Gasteiger partial charge in [-0.15, -0.1) is 0 Å². The van der Waals surface area contributed by atoms with Gasteiger partial charge in [0.25, 0.3) is 26.0 Å². The molecule has 0 spiro atoms. The zero-order valence-electron chi connectivity index (χ0n) is 21.4. The standard InChI is InChI=1S/C28H23Cl2N3O6S2/c1-18-23(30)5-4-6-24(18)32-40(35,36)21-15-11-20(12-16-21)31-28(34)27-17-33(25-7-2-3-8-26(25)39-27)41(37,38)22-13-9-19(29)10-14-22/h2-16,27,32H,17H2,1H3,(H,31,34). The average molecular weight is 633 g/mol. The van der Waals surface area contributed by atoms with Gasteiger partial charge in [0.15, 0.2) is 6.10 Å². The van der Waals surface area contributed by atoms with Crippen LogP contribution in [0.4, 0.5) is 17.1 Å². The van der Waals surface area contributed by atoms with Crippen LogP contribution < -0.4 is 19.1 Å². The Morgan fingerprint density at radius 2 is 1.51 bits per heavy atom. The van der Waals surface area contributed by atoms with Crippen molar-refractivity contribution in [1.29, 1.82) is 0 Å². The van der Waals surface area contributed by atoms with Gasteiger partial charge in [0.05, 0.1) is 27.7 Å². The molecule has 0 bridgehead atoms. The van der Waals surface area contributed by atoms with Crippen molar-refractivity contribution in [2.75, 3.05) is 20.9 Å². The second-order valence-electron chi connectivity index (χ2n) is 9.10. The Morgan fingerprint density at radius 3 is 2.22 bits per heavy atom. The lowest BCUT2D eigenvalue weighted by Gasteiger charge is -2.34. The Bertz CT molecular complexity index is 1830. The summed E-state index contributed by atoms with van der Waals surface area (Å²) in [6, 6.07) is 22.7. The number of rotatable bonds is 7. The van der Waals surface area contributed by atoms with E-state index in [9.17, 15) is 21.6 Å². The van der Waals surface area contributed by atoms with Gasteiger partial charge in [-0.05, 0) is 85.3 Å². The van der Waals surface area contributed by atoms with E-state index in [0.717, 1.165) is 4.31 Å². The monoisotopic (exact) mass is 631 g/mol. The minimum atomic E-state index is -4.05. The van der Waals surface area contributed by atoms with Crippen molar-refractivity contribution in [2.24, 2.45) is 0 Å². The van der Waals surface area contributed by atoms with Gasteiger partial charge in [0.2, 0.25) is 0 Å². The van der Waals surface area contributed by atoms with Crippen LogP contribution in [0, 0.1) is 6.92 Å². The molecule has 0 saturated carbocycles. The first-order valence-electron chi connectivity index (χ1n) is 12.2. The smallest absolute Gasteiger partial charge is 0.267 e. The Kier molecular flexibility index (Phi) is 7.89. The number of ether oxygens (including phenoxy) is 1. The summed E-state index contributed by atoms with van der Waals surface area (Å²) in [7, 11) is -7.98. The molecule has 5 rings (SSSR count). The molecule has 0 aromatic heterocycles. The lowest BCUT2D eigenvalue weighted by Crippen LogP contribution is -2.48. The minimum absolute atomic E-state index is 0.0103. The lowest BCUT2D eigenvalue weighted by molar-refractivity contribution is -0.122. The molecule has 1 amide bonds. The Labute approximate surface area is 247 Å². The molecule has 0 aliphatic carbocycles. The van der Waals surface area contributed by atoms with Crippen LogP contribution in [0.2, 0.25) is 10.0 Å². The first kappa shape index (κ1) is 28.7. The Morgan fingerprint density at radius 1 is 0.854 bits per heavy atom. The van der Waals surface area contributed by atoms with Crippen molar-refractivity contribution in [3.05, 3.63) is 107 Å². The second kappa shape index (κ2) is 11.2. The molecule has 212 valence electrons. The molecule has 13 heteroatoms. The summed E-state index contributed by atoms with van der Waals surface area (Å²) in [4.78, 5) is 13.2. The number of fused-ring (bicyclic) bond motifs is 1. The highest BCUT2D eigenvalue weighted by molar-refractivity contribution is 7.93. The van der Waals surface area contributed by atoms with Crippen molar-refractivity contribution in [3.63, 3.8) is 0 Å². The summed E-state index contributed by atoms with van der Waals surface area (Å²) in [5.74, 6) is -0.389. The van der Waals surface area contributed by atoms with Gasteiger partial charge in [-0.3, -0.25) is 13.8 Å². The summed E-state index contributed by atoms with van der Waals surface area (Å²) in [5.41, 5.74) is 1.52. The fourth-order valence-corrected chi connectivity index (χ4v) is 7.06. The van der Waals surface area contributed by atoms with E-state index in [4.69, 9.17) is 27.9 Å². The first-order valence-corrected chi connectivity index (χ1v) is 15.9. The number of amides is 1. The van der Waals surface area contributed by atoms with E-state index in [-0.39, 0.29) is 22.1 Å². The van der Waals surface area contributed by atoms with E-state index in [1.807, 2.05) is 0 Å². The number of carbonyl (C=O) groups is 1. The van der Waals surface area contributed by atoms with E-state index in [1.54, 1.807) is 49.4 Å². The maximum Gasteiger partial charge on any atom is 0.267 e. The number of carbonyl (C=O) groups excluding carboxylic acids is 1. The molecule has 1 aliphatic rings. The van der Waals surface area contributed by atoms with E-state index in [0.29, 0.717) is 32.7 Å². The van der Waals surface area contributed by atoms with Gasteiger partial charge >= 0.3 is 0 Å². The molecule has 0 saturated heterocycles. The van der Waals surface area contributed by atoms with Crippen LogP contribution in [0.5, 0.6) is 5.75 Å². The Hall–Kier alpha value is -3.77. The number of benzene rings is 4. The number of para-hydroxylation sites is 2. The van der Waals surface area contributed by atoms with Crippen molar-refractivity contribution in [2.45, 2.75) is 22.8 Å². The number of nitrogens with zero attached hydrogens (tertiary/aromatic N) is 1. The van der Waals surface area contributed by atoms with Crippen LogP contribution >= 0.6 is 23.2 Å². The molecule has 1 heterocycles. The van der Waals surface area contributed by atoms with Gasteiger partial charge in [0, 0.05) is 15.7 Å². The Balaban J connectivity index is 1.34. The highest BCUT2D eigenvalue weighted by Gasteiger charge is 2.37. The number of halogens is 2. The topological polar surface area (TPSA) is 122 Å². The van der Waals surface area contributed by atoms with Crippen LogP contribution in [-0.2, 0) is 24.8 Å². The van der Waals surface area contributed by atoms with E-state index >= 15 is 0 Å². The van der Waals surface area contributed by atoms with Gasteiger partial charge in [-0.2, -0.15) is 0 Å². The quantitative estimate of drug-likeness (QED) is 0.270. The van der Waals surface area contributed by atoms with Crippen LogP contribution in [0.3, 0.4) is 0 Å². The molecule has 1 unspecified atom stereocenters. The zero-order chi connectivity index (χ0) is 29.4. The summed E-state index contributed by atoms with van der Waals surface area (Å²) in [5, 5.41) is 3.48. The third kappa shape index (κ3) is 5.98. The second-order valence-corrected chi connectivity index (χ2v) is 13.5. The molecule has 0 fully saturated rings. The molecular formula is C28H23Cl2N3O6S2. The molecule has 4 aromatic carbocycles. The zero-order valence-corrected chi connectivity index (χ0v) is 24.6. The van der Waals surface area contributed by atoms with Gasteiger partial charge in [0.1, 0.15) is 5.75 Å². The number of hydrogen-bond donors (Lipinski definition) is 2. The highest BCUT2D eigenvalue weighted by atomic mass is 35.5. The van der Waals surface area contributed by atoms with Crippen molar-refractivity contribution in [3.8, 4) is 5.75 Å². The minimum Gasteiger partial charge on any atom is -0.476 e. The van der Waals surface area contributed by atoms with Crippen LogP contribution in [0.25, 0.3) is 0 Å². The molecule has 41 heavy (non-hydrogen) atoms. The summed E-state index contributed by atoms with van der Waals surface area (Å²) in [6.45, 7) is 1.41. The van der Waals surface area contributed by atoms with Crippen LogP contribution in [0.1, 0.15) is 5.56 Å². The lowest BCUT2D eigenvalue weighted by atomic mass is 10.2. The summed E-state index contributed by atoms with van der Waals surface area (Å²) >= 11 is 12.0. The van der Waals surface area contributed by atoms with Crippen LogP contribution in [-0.4, -0.2) is 35.4 Å². The van der Waals surface area contributed by atoms with E-state index in [1.165, 1.54) is 48.5 Å². The van der Waals surface area contributed by atoms with Crippen LogP contribution in [0.15, 0.2) is 101 Å². The summed E-state index contributed by atoms with van der Waals surface area (Å²) < 4.78 is 62.3. The van der Waals surface area contributed by atoms with Gasteiger partial charge in [-0.1, -0.05) is 41.4 Å². The number of hydrogen-bond acceptors (Lipinski definition) is 6. The molecule has 9 nitrogen and oxygen atoms in total. The molecule has 1 atom stereocenters. The maximum atomic E-state index is 13.5. The normalized spacial score (nSPS) is 15.0. The number of anilines is 3. The van der Waals surface area contributed by atoms with E-state index < -0.39 is 32.1 Å². The predicted molar refractivity (Wildman–Crippen MR) is 159 cm³/mol. The predicted octanol–water partition coefficient (Wildman–Crippen LogP) is 5.70. The third-order valence-electron chi connectivity index (χ3n) is 6.37. The molecule has 4 aromatic rings. The molecule has 0 radical (unpaired) electrons. The van der Waals surface area contributed by atoms with Gasteiger partial charge < -0.3 is 10.1 Å².